The van der Waals surface area contributed by atoms with E-state index in [0.29, 0.717) is 24.3 Å². The van der Waals surface area contributed by atoms with Crippen molar-refractivity contribution in [3.63, 3.8) is 0 Å². The van der Waals surface area contributed by atoms with Crippen molar-refractivity contribution in [2.24, 2.45) is 0 Å². The minimum Gasteiger partial charge on any atom is -0.437 e. The van der Waals surface area contributed by atoms with Gasteiger partial charge < -0.3 is 10.1 Å². The number of alkyl halides is 6. The van der Waals surface area contributed by atoms with Crippen molar-refractivity contribution in [3.05, 3.63) is 99.7 Å². The highest BCUT2D eigenvalue weighted by atomic mass is 35.5. The Morgan fingerprint density at radius 1 is 0.837 bits per heavy atom. The lowest BCUT2D eigenvalue weighted by molar-refractivity contribution is -0.138. The van der Waals surface area contributed by atoms with Crippen molar-refractivity contribution in [2.45, 2.75) is 36.0 Å². The average Bonchev–Trinajstić information content (AvgIpc) is 2.97. The standard InChI is InChI=1S/C30H19Cl2F6N3O6S2/c1-3-5-27(42)40-18-6-4-7-19(13-18)47-28-26(12-17(2)16-39-28)41(48(43,44)20-8-10-24(31)22(14-20)29(33,34)35)49(45,46)21-9-11-25(32)23(15-21)30(36,37)38/h4,6-16H,1-2H3,(H,40,42). The fourth-order valence-electron chi connectivity index (χ4n) is 4.12. The molecule has 0 unspecified atom stereocenters. The molecule has 0 saturated heterocycles. The summed E-state index contributed by atoms with van der Waals surface area (Å²) in [6, 6.07) is 8.63. The SMILES string of the molecule is CC#CC(=O)Nc1cccc(Oc2ncc(C)cc2N(S(=O)(=O)c2ccc(Cl)c(C(F)(F)F)c2)S(=O)(=O)c2ccc(Cl)c(C(F)(F)F)c2)c1. The molecule has 258 valence electrons. The molecule has 4 aromatic rings. The van der Waals surface area contributed by atoms with Gasteiger partial charge in [0.15, 0.2) is 0 Å². The van der Waals surface area contributed by atoms with E-state index in [2.05, 4.69) is 22.1 Å². The molecule has 1 aromatic heterocycles. The first-order valence-corrected chi connectivity index (χ1v) is 16.8. The molecular weight excluding hydrogens is 747 g/mol. The third kappa shape index (κ3) is 8.21. The lowest BCUT2D eigenvalue weighted by atomic mass is 10.2. The van der Waals surface area contributed by atoms with Crippen LogP contribution in [0, 0.1) is 18.8 Å². The number of amides is 1. The second kappa shape index (κ2) is 13.8. The number of nitrogens with zero attached hydrogens (tertiary/aromatic N) is 2. The Morgan fingerprint density at radius 3 is 1.86 bits per heavy atom. The van der Waals surface area contributed by atoms with Crippen LogP contribution in [0.25, 0.3) is 0 Å². The number of carbonyl (C=O) groups excluding carboxylic acids is 1. The molecule has 0 bridgehead atoms. The molecule has 49 heavy (non-hydrogen) atoms. The number of anilines is 2. The molecule has 1 heterocycles. The van der Waals surface area contributed by atoms with Crippen molar-refractivity contribution >= 4 is 60.5 Å². The van der Waals surface area contributed by atoms with Gasteiger partial charge in [0.2, 0.25) is 5.88 Å². The summed E-state index contributed by atoms with van der Waals surface area (Å²) in [5, 5.41) is 0.581. The summed E-state index contributed by atoms with van der Waals surface area (Å²) in [7, 11) is -11.4. The number of nitrogens with one attached hydrogen (secondary N) is 1. The van der Waals surface area contributed by atoms with E-state index in [9.17, 15) is 48.0 Å². The van der Waals surface area contributed by atoms with Gasteiger partial charge in [0.05, 0.1) is 31.0 Å². The third-order valence-corrected chi connectivity index (χ3v) is 11.0. The number of carbonyl (C=O) groups is 1. The van der Waals surface area contributed by atoms with E-state index in [0.717, 1.165) is 12.3 Å². The van der Waals surface area contributed by atoms with E-state index in [1.54, 1.807) is 0 Å². The zero-order chi connectivity index (χ0) is 36.5. The highest BCUT2D eigenvalue weighted by molar-refractivity contribution is 8.10. The number of halogens is 8. The topological polar surface area (TPSA) is 123 Å². The molecule has 0 spiro atoms. The van der Waals surface area contributed by atoms with E-state index in [1.807, 2.05) is 0 Å². The van der Waals surface area contributed by atoms with Crippen LogP contribution >= 0.6 is 23.2 Å². The monoisotopic (exact) mass is 765 g/mol. The molecule has 0 aliphatic rings. The summed E-state index contributed by atoms with van der Waals surface area (Å²) in [5.41, 5.74) is -4.01. The fraction of sp³-hybridized carbons (Fsp3) is 0.133. The number of hydrogen-bond acceptors (Lipinski definition) is 7. The number of ether oxygens (including phenoxy) is 1. The molecule has 0 fully saturated rings. The number of aryl methyl sites for hydroxylation is 1. The van der Waals surface area contributed by atoms with E-state index >= 15 is 0 Å². The Labute approximate surface area is 285 Å². The Kier molecular flexibility index (Phi) is 10.5. The quantitative estimate of drug-likeness (QED) is 0.142. The van der Waals surface area contributed by atoms with Gasteiger partial charge in [-0.05, 0) is 79.9 Å². The first kappa shape index (κ1) is 37.3. The van der Waals surface area contributed by atoms with E-state index in [4.69, 9.17) is 27.9 Å². The van der Waals surface area contributed by atoms with Crippen LogP contribution in [0.1, 0.15) is 23.6 Å². The predicted octanol–water partition coefficient (Wildman–Crippen LogP) is 8.07. The molecule has 0 aliphatic carbocycles. The first-order chi connectivity index (χ1) is 22.7. The second-order valence-electron chi connectivity index (χ2n) is 9.78. The summed E-state index contributed by atoms with van der Waals surface area (Å²) < 4.78 is 145. The maximum Gasteiger partial charge on any atom is 0.417 e. The van der Waals surface area contributed by atoms with Gasteiger partial charge in [-0.1, -0.05) is 35.2 Å². The summed E-state index contributed by atoms with van der Waals surface area (Å²) in [6.45, 7) is 2.76. The minimum atomic E-state index is -5.70. The molecule has 19 heteroatoms. The fourth-order valence-corrected chi connectivity index (χ4v) is 8.29. The predicted molar refractivity (Wildman–Crippen MR) is 167 cm³/mol. The summed E-state index contributed by atoms with van der Waals surface area (Å²) in [4.78, 5) is 13.4. The van der Waals surface area contributed by atoms with Gasteiger partial charge in [0.1, 0.15) is 11.4 Å². The van der Waals surface area contributed by atoms with Crippen LogP contribution in [0.5, 0.6) is 11.6 Å². The summed E-state index contributed by atoms with van der Waals surface area (Å²) in [5.74, 6) is 2.99. The largest absolute Gasteiger partial charge is 0.437 e. The lowest BCUT2D eigenvalue weighted by Gasteiger charge is -2.26. The maximum absolute atomic E-state index is 14.2. The number of sulfonamides is 2. The zero-order valence-electron chi connectivity index (χ0n) is 24.6. The van der Waals surface area contributed by atoms with Crippen LogP contribution < -0.4 is 13.8 Å². The van der Waals surface area contributed by atoms with E-state index < -0.39 is 84.5 Å². The van der Waals surface area contributed by atoms with Crippen LogP contribution in [0.3, 0.4) is 0 Å². The number of hydrogen-bond donors (Lipinski definition) is 1. The van der Waals surface area contributed by atoms with Gasteiger partial charge in [-0.3, -0.25) is 4.79 Å². The van der Waals surface area contributed by atoms with Crippen LogP contribution in [0.15, 0.2) is 82.7 Å². The molecular formula is C30H19Cl2F6N3O6S2. The maximum atomic E-state index is 14.2. The van der Waals surface area contributed by atoms with E-state index in [-0.39, 0.29) is 29.1 Å². The molecule has 0 aliphatic heterocycles. The lowest BCUT2D eigenvalue weighted by Crippen LogP contribution is -2.37. The van der Waals surface area contributed by atoms with Crippen molar-refractivity contribution < 1.29 is 52.7 Å². The van der Waals surface area contributed by atoms with Crippen LogP contribution in [0.2, 0.25) is 10.0 Å². The third-order valence-electron chi connectivity index (χ3n) is 6.23. The second-order valence-corrected chi connectivity index (χ2v) is 14.4. The highest BCUT2D eigenvalue weighted by Gasteiger charge is 2.43. The smallest absolute Gasteiger partial charge is 0.417 e. The Bertz CT molecular complexity index is 2140. The summed E-state index contributed by atoms with van der Waals surface area (Å²) >= 11 is 11.3. The Morgan fingerprint density at radius 2 is 1.37 bits per heavy atom. The molecule has 1 N–H and O–H groups in total. The molecule has 4 rings (SSSR count). The van der Waals surface area contributed by atoms with Gasteiger partial charge >= 0.3 is 12.4 Å². The average molecular weight is 767 g/mol. The van der Waals surface area contributed by atoms with E-state index in [1.165, 1.54) is 38.1 Å². The number of rotatable bonds is 8. The van der Waals surface area contributed by atoms with Crippen molar-refractivity contribution in [1.82, 2.24) is 4.98 Å². The summed E-state index contributed by atoms with van der Waals surface area (Å²) in [6.07, 6.45) is -9.29. The van der Waals surface area contributed by atoms with Crippen LogP contribution in [-0.4, -0.2) is 27.7 Å². The molecule has 0 radical (unpaired) electrons. The molecule has 3 aromatic carbocycles. The number of pyridine rings is 1. The van der Waals surface area contributed by atoms with Crippen molar-refractivity contribution in [2.75, 3.05) is 9.03 Å². The van der Waals surface area contributed by atoms with Gasteiger partial charge in [-0.2, -0.15) is 30.1 Å². The zero-order valence-corrected chi connectivity index (χ0v) is 27.8. The molecule has 0 atom stereocenters. The normalized spacial score (nSPS) is 12.1. The minimum absolute atomic E-state index is 0.0678. The number of aromatic nitrogens is 1. The number of benzene rings is 3. The van der Waals surface area contributed by atoms with Gasteiger partial charge in [0, 0.05) is 18.0 Å². The molecule has 9 nitrogen and oxygen atoms in total. The van der Waals surface area contributed by atoms with Crippen molar-refractivity contribution in [1.29, 1.82) is 0 Å². The van der Waals surface area contributed by atoms with Gasteiger partial charge in [-0.15, -0.1) is 0 Å². The Balaban J connectivity index is 2.01. The first-order valence-electron chi connectivity index (χ1n) is 13.2. The van der Waals surface area contributed by atoms with Gasteiger partial charge in [0.25, 0.3) is 26.0 Å². The molecule has 1 amide bonds. The van der Waals surface area contributed by atoms with Crippen LogP contribution in [-0.2, 0) is 37.2 Å². The van der Waals surface area contributed by atoms with Gasteiger partial charge in [-0.25, -0.2) is 21.8 Å². The van der Waals surface area contributed by atoms with Crippen molar-refractivity contribution in [3.8, 4) is 23.5 Å². The molecule has 0 saturated carbocycles. The highest BCUT2D eigenvalue weighted by Crippen LogP contribution is 2.43. The van der Waals surface area contributed by atoms with Crippen LogP contribution in [0.4, 0.5) is 37.7 Å². The Hall–Kier alpha value is -4.50.